The molecule has 0 fully saturated rings. The number of ether oxygens (including phenoxy) is 1. The number of benzene rings is 3. The van der Waals surface area contributed by atoms with Crippen LogP contribution < -0.4 is 15.4 Å². The molecule has 0 saturated heterocycles. The highest BCUT2D eigenvalue weighted by molar-refractivity contribution is 6.05. The zero-order valence-electron chi connectivity index (χ0n) is 15.9. The first kappa shape index (κ1) is 19.2. The van der Waals surface area contributed by atoms with Crippen molar-refractivity contribution in [2.75, 3.05) is 12.4 Å². The van der Waals surface area contributed by atoms with Crippen molar-refractivity contribution in [3.05, 3.63) is 95.1 Å². The number of methoxy groups -OCH3 is 1. The van der Waals surface area contributed by atoms with Crippen LogP contribution in [-0.4, -0.2) is 18.9 Å². The van der Waals surface area contributed by atoms with Crippen molar-refractivity contribution < 1.29 is 14.3 Å². The van der Waals surface area contributed by atoms with Gasteiger partial charge in [-0.15, -0.1) is 0 Å². The lowest BCUT2D eigenvalue weighted by Gasteiger charge is -2.10. The number of hydrogen-bond acceptors (Lipinski definition) is 3. The fourth-order valence-electron chi connectivity index (χ4n) is 2.80. The van der Waals surface area contributed by atoms with Crippen LogP contribution in [0.2, 0.25) is 0 Å². The van der Waals surface area contributed by atoms with E-state index in [9.17, 15) is 9.59 Å². The molecule has 0 unspecified atom stereocenters. The smallest absolute Gasteiger partial charge is 0.255 e. The summed E-state index contributed by atoms with van der Waals surface area (Å²) >= 11 is 0. The van der Waals surface area contributed by atoms with Crippen LogP contribution >= 0.6 is 0 Å². The number of para-hydroxylation sites is 2. The molecule has 0 atom stereocenters. The van der Waals surface area contributed by atoms with Crippen LogP contribution in [0.25, 0.3) is 0 Å². The first-order valence-electron chi connectivity index (χ1n) is 8.95. The number of carbonyl (C=O) groups is 2. The summed E-state index contributed by atoms with van der Waals surface area (Å²) < 4.78 is 5.24. The molecule has 28 heavy (non-hydrogen) atoms. The van der Waals surface area contributed by atoms with Crippen molar-refractivity contribution >= 4 is 17.5 Å². The van der Waals surface area contributed by atoms with Gasteiger partial charge in [-0.05, 0) is 54.4 Å². The summed E-state index contributed by atoms with van der Waals surface area (Å²) in [6.07, 6.45) is 0. The van der Waals surface area contributed by atoms with Crippen molar-refractivity contribution in [3.63, 3.8) is 0 Å². The second-order valence-electron chi connectivity index (χ2n) is 6.34. The normalized spacial score (nSPS) is 10.2. The Balaban J connectivity index is 1.63. The summed E-state index contributed by atoms with van der Waals surface area (Å²) in [6, 6.07) is 21.7. The molecule has 0 aliphatic heterocycles. The largest absolute Gasteiger partial charge is 0.495 e. The molecule has 0 radical (unpaired) electrons. The van der Waals surface area contributed by atoms with Crippen LogP contribution in [0.3, 0.4) is 0 Å². The molecule has 0 aromatic heterocycles. The SMILES string of the molecule is COc1ccccc1NC(=O)c1ccc(C(=O)NCc2ccccc2C)cc1. The average molecular weight is 374 g/mol. The van der Waals surface area contributed by atoms with Gasteiger partial charge in [0.05, 0.1) is 12.8 Å². The molecule has 0 saturated carbocycles. The summed E-state index contributed by atoms with van der Waals surface area (Å²) in [5.41, 5.74) is 3.76. The lowest BCUT2D eigenvalue weighted by molar-refractivity contribution is 0.0949. The lowest BCUT2D eigenvalue weighted by Crippen LogP contribution is -2.23. The van der Waals surface area contributed by atoms with Crippen LogP contribution in [-0.2, 0) is 6.54 Å². The molecule has 0 aliphatic carbocycles. The second kappa shape index (κ2) is 8.86. The van der Waals surface area contributed by atoms with Crippen LogP contribution in [0.1, 0.15) is 31.8 Å². The van der Waals surface area contributed by atoms with Gasteiger partial charge in [-0.2, -0.15) is 0 Å². The van der Waals surface area contributed by atoms with E-state index in [0.717, 1.165) is 11.1 Å². The quantitative estimate of drug-likeness (QED) is 0.680. The Morgan fingerprint density at radius 3 is 2.11 bits per heavy atom. The lowest BCUT2D eigenvalue weighted by atomic mass is 10.1. The Bertz CT molecular complexity index is 981. The molecule has 142 valence electrons. The molecule has 0 aliphatic rings. The molecule has 5 nitrogen and oxygen atoms in total. The number of rotatable bonds is 6. The van der Waals surface area contributed by atoms with E-state index in [-0.39, 0.29) is 11.8 Å². The Morgan fingerprint density at radius 1 is 0.821 bits per heavy atom. The fourth-order valence-corrected chi connectivity index (χ4v) is 2.80. The van der Waals surface area contributed by atoms with E-state index in [4.69, 9.17) is 4.74 Å². The zero-order valence-corrected chi connectivity index (χ0v) is 15.9. The van der Waals surface area contributed by atoms with Gasteiger partial charge in [0.2, 0.25) is 0 Å². The molecule has 0 heterocycles. The third-order valence-electron chi connectivity index (χ3n) is 4.47. The first-order valence-corrected chi connectivity index (χ1v) is 8.95. The molecule has 2 amide bonds. The van der Waals surface area contributed by atoms with Crippen molar-refractivity contribution in [2.45, 2.75) is 13.5 Å². The third-order valence-corrected chi connectivity index (χ3v) is 4.47. The van der Waals surface area contributed by atoms with Crippen molar-refractivity contribution in [2.24, 2.45) is 0 Å². The predicted octanol–water partition coefficient (Wildman–Crippen LogP) is 4.19. The van der Waals surface area contributed by atoms with Gasteiger partial charge >= 0.3 is 0 Å². The zero-order chi connectivity index (χ0) is 19.9. The maximum absolute atomic E-state index is 12.4. The van der Waals surface area contributed by atoms with E-state index >= 15 is 0 Å². The summed E-state index contributed by atoms with van der Waals surface area (Å²) in [4.78, 5) is 24.8. The Morgan fingerprint density at radius 2 is 1.43 bits per heavy atom. The van der Waals surface area contributed by atoms with E-state index in [0.29, 0.717) is 29.1 Å². The number of amides is 2. The maximum atomic E-state index is 12.4. The number of hydrogen-bond donors (Lipinski definition) is 2. The van der Waals surface area contributed by atoms with E-state index in [2.05, 4.69) is 10.6 Å². The van der Waals surface area contributed by atoms with Crippen LogP contribution in [0.4, 0.5) is 5.69 Å². The van der Waals surface area contributed by atoms with Gasteiger partial charge in [0.25, 0.3) is 11.8 Å². The number of aryl methyl sites for hydroxylation is 1. The number of carbonyl (C=O) groups excluding carboxylic acids is 2. The minimum atomic E-state index is -0.267. The van der Waals surface area contributed by atoms with E-state index < -0.39 is 0 Å². The summed E-state index contributed by atoms with van der Waals surface area (Å²) in [7, 11) is 1.55. The standard InChI is InChI=1S/C23H22N2O3/c1-16-7-3-4-8-19(16)15-24-22(26)17-11-13-18(14-12-17)23(27)25-20-9-5-6-10-21(20)28-2/h3-14H,15H2,1-2H3,(H,24,26)(H,25,27). The van der Waals surface area contributed by atoms with Gasteiger partial charge < -0.3 is 15.4 Å². The first-order chi connectivity index (χ1) is 13.6. The Labute approximate surface area is 164 Å². The van der Waals surface area contributed by atoms with Gasteiger partial charge in [0, 0.05) is 17.7 Å². The van der Waals surface area contributed by atoms with Crippen LogP contribution in [0.5, 0.6) is 5.75 Å². The van der Waals surface area contributed by atoms with Gasteiger partial charge in [0.1, 0.15) is 5.75 Å². The average Bonchev–Trinajstić information content (AvgIpc) is 2.73. The Kier molecular flexibility index (Phi) is 6.07. The van der Waals surface area contributed by atoms with Crippen molar-refractivity contribution in [1.29, 1.82) is 0 Å². The highest BCUT2D eigenvalue weighted by Gasteiger charge is 2.11. The summed E-state index contributed by atoms with van der Waals surface area (Å²) in [6.45, 7) is 2.47. The van der Waals surface area contributed by atoms with E-state index in [1.54, 1.807) is 43.5 Å². The van der Waals surface area contributed by atoms with Gasteiger partial charge in [-0.1, -0.05) is 36.4 Å². The predicted molar refractivity (Wildman–Crippen MR) is 110 cm³/mol. The second-order valence-corrected chi connectivity index (χ2v) is 6.34. The maximum Gasteiger partial charge on any atom is 0.255 e. The van der Waals surface area contributed by atoms with Crippen LogP contribution in [0, 0.1) is 6.92 Å². The fraction of sp³-hybridized carbons (Fsp3) is 0.130. The van der Waals surface area contributed by atoms with Crippen LogP contribution in [0.15, 0.2) is 72.8 Å². The molecule has 0 spiro atoms. The number of nitrogens with one attached hydrogen (secondary N) is 2. The Hall–Kier alpha value is -3.60. The van der Waals surface area contributed by atoms with Gasteiger partial charge in [-0.25, -0.2) is 0 Å². The van der Waals surface area contributed by atoms with E-state index in [1.165, 1.54) is 0 Å². The van der Waals surface area contributed by atoms with E-state index in [1.807, 2.05) is 43.3 Å². The minimum Gasteiger partial charge on any atom is -0.495 e. The summed E-state index contributed by atoms with van der Waals surface area (Å²) in [5, 5.41) is 5.72. The highest BCUT2D eigenvalue weighted by Crippen LogP contribution is 2.23. The minimum absolute atomic E-state index is 0.181. The van der Waals surface area contributed by atoms with Crippen molar-refractivity contribution in [1.82, 2.24) is 5.32 Å². The highest BCUT2D eigenvalue weighted by atomic mass is 16.5. The monoisotopic (exact) mass is 374 g/mol. The molecular formula is C23H22N2O3. The molecule has 3 aromatic carbocycles. The molecular weight excluding hydrogens is 352 g/mol. The number of anilines is 1. The molecule has 2 N–H and O–H groups in total. The molecule has 3 rings (SSSR count). The van der Waals surface area contributed by atoms with Gasteiger partial charge in [-0.3, -0.25) is 9.59 Å². The molecule has 0 bridgehead atoms. The van der Waals surface area contributed by atoms with Crippen molar-refractivity contribution in [3.8, 4) is 5.75 Å². The third kappa shape index (κ3) is 4.57. The molecule has 5 heteroatoms. The molecule has 3 aromatic rings. The van der Waals surface area contributed by atoms with Gasteiger partial charge in [0.15, 0.2) is 0 Å². The summed E-state index contributed by atoms with van der Waals surface area (Å²) in [5.74, 6) is 0.138. The topological polar surface area (TPSA) is 67.4 Å².